The number of piperazine rings is 1. The van der Waals surface area contributed by atoms with E-state index in [0.29, 0.717) is 18.7 Å². The Bertz CT molecular complexity index is 554. The molecule has 19 heavy (non-hydrogen) atoms. The van der Waals surface area contributed by atoms with E-state index in [9.17, 15) is 12.8 Å². The van der Waals surface area contributed by atoms with Crippen molar-refractivity contribution in [2.45, 2.75) is 37.8 Å². The maximum Gasteiger partial charge on any atom is 0.246 e. The number of nitrogens with one attached hydrogen (secondary N) is 1. The van der Waals surface area contributed by atoms with Crippen LogP contribution < -0.4 is 5.32 Å². The van der Waals surface area contributed by atoms with E-state index in [-0.39, 0.29) is 17.0 Å². The van der Waals surface area contributed by atoms with Crippen LogP contribution in [0.2, 0.25) is 0 Å². The highest BCUT2D eigenvalue weighted by atomic mass is 32.2. The molecule has 2 unspecified atom stereocenters. The summed E-state index contributed by atoms with van der Waals surface area (Å²) in [6.07, 6.45) is 0. The van der Waals surface area contributed by atoms with Crippen molar-refractivity contribution >= 4 is 10.0 Å². The van der Waals surface area contributed by atoms with E-state index in [4.69, 9.17) is 0 Å². The Kier molecular flexibility index (Phi) is 3.94. The quantitative estimate of drug-likeness (QED) is 0.896. The predicted octanol–water partition coefficient (Wildman–Crippen LogP) is 1.51. The van der Waals surface area contributed by atoms with Crippen LogP contribution in [0.1, 0.15) is 19.4 Å². The number of hydrogen-bond acceptors (Lipinski definition) is 3. The second kappa shape index (κ2) is 5.19. The molecule has 0 bridgehead atoms. The molecule has 1 aliphatic heterocycles. The Balaban J connectivity index is 2.48. The van der Waals surface area contributed by atoms with Gasteiger partial charge >= 0.3 is 0 Å². The van der Waals surface area contributed by atoms with Gasteiger partial charge in [-0.3, -0.25) is 0 Å². The standard InChI is InChI=1S/C13H19FN2O2S/c1-9-5-4-6-12(14)13(9)19(17,18)16-8-7-15-10(2)11(16)3/h4-6,10-11,15H,7-8H2,1-3H3. The molecular weight excluding hydrogens is 267 g/mol. The molecule has 0 aliphatic carbocycles. The van der Waals surface area contributed by atoms with Gasteiger partial charge in [0.2, 0.25) is 10.0 Å². The van der Waals surface area contributed by atoms with Crippen LogP contribution in [0.15, 0.2) is 23.1 Å². The lowest BCUT2D eigenvalue weighted by Gasteiger charge is -2.37. The lowest BCUT2D eigenvalue weighted by Crippen LogP contribution is -2.57. The molecule has 4 nitrogen and oxygen atoms in total. The van der Waals surface area contributed by atoms with Crippen molar-refractivity contribution in [1.82, 2.24) is 9.62 Å². The van der Waals surface area contributed by atoms with Crippen LogP contribution >= 0.6 is 0 Å². The monoisotopic (exact) mass is 286 g/mol. The number of halogens is 1. The van der Waals surface area contributed by atoms with Crippen LogP contribution in [0, 0.1) is 12.7 Å². The molecule has 0 amide bonds. The minimum absolute atomic E-state index is 0.0515. The van der Waals surface area contributed by atoms with Crippen molar-refractivity contribution in [2.24, 2.45) is 0 Å². The normalized spacial score (nSPS) is 25.5. The predicted molar refractivity (Wildman–Crippen MR) is 72.0 cm³/mol. The van der Waals surface area contributed by atoms with E-state index in [1.165, 1.54) is 16.4 Å². The van der Waals surface area contributed by atoms with Gasteiger partial charge in [-0.15, -0.1) is 0 Å². The zero-order valence-corrected chi connectivity index (χ0v) is 12.2. The molecule has 0 spiro atoms. The lowest BCUT2D eigenvalue weighted by atomic mass is 10.1. The first kappa shape index (κ1) is 14.4. The van der Waals surface area contributed by atoms with Crippen LogP contribution in [0.25, 0.3) is 0 Å². The zero-order chi connectivity index (χ0) is 14.2. The van der Waals surface area contributed by atoms with Crippen molar-refractivity contribution in [3.8, 4) is 0 Å². The first-order valence-electron chi connectivity index (χ1n) is 6.36. The lowest BCUT2D eigenvalue weighted by molar-refractivity contribution is 0.232. The molecule has 2 atom stereocenters. The van der Waals surface area contributed by atoms with Crippen LogP contribution in [0.5, 0.6) is 0 Å². The first-order valence-corrected chi connectivity index (χ1v) is 7.80. The highest BCUT2D eigenvalue weighted by Crippen LogP contribution is 2.26. The molecule has 106 valence electrons. The maximum atomic E-state index is 13.9. The van der Waals surface area contributed by atoms with Crippen LogP contribution in [0.3, 0.4) is 0 Å². The number of nitrogens with zero attached hydrogens (tertiary/aromatic N) is 1. The number of rotatable bonds is 2. The van der Waals surface area contributed by atoms with Gasteiger partial charge in [-0.2, -0.15) is 4.31 Å². The molecule has 1 fully saturated rings. The third-order valence-electron chi connectivity index (χ3n) is 3.71. The zero-order valence-electron chi connectivity index (χ0n) is 11.4. The molecule has 6 heteroatoms. The number of benzene rings is 1. The summed E-state index contributed by atoms with van der Waals surface area (Å²) in [4.78, 5) is -0.198. The van der Waals surface area contributed by atoms with Crippen LogP contribution in [0.4, 0.5) is 4.39 Å². The SMILES string of the molecule is Cc1cccc(F)c1S(=O)(=O)N1CCNC(C)C1C. The summed E-state index contributed by atoms with van der Waals surface area (Å²) in [5.41, 5.74) is 0.443. The minimum atomic E-state index is -3.79. The first-order chi connectivity index (χ1) is 8.85. The smallest absolute Gasteiger partial charge is 0.246 e. The highest BCUT2D eigenvalue weighted by Gasteiger charge is 2.36. The third-order valence-corrected chi connectivity index (χ3v) is 5.87. The van der Waals surface area contributed by atoms with E-state index in [2.05, 4.69) is 5.32 Å². The largest absolute Gasteiger partial charge is 0.311 e. The molecular formula is C13H19FN2O2S. The molecule has 1 aromatic rings. The van der Waals surface area contributed by atoms with Gasteiger partial charge in [0.1, 0.15) is 10.7 Å². The van der Waals surface area contributed by atoms with Crippen molar-refractivity contribution in [1.29, 1.82) is 0 Å². The molecule has 1 heterocycles. The molecule has 1 aromatic carbocycles. The van der Waals surface area contributed by atoms with Crippen molar-refractivity contribution in [3.63, 3.8) is 0 Å². The Hall–Kier alpha value is -0.980. The summed E-state index contributed by atoms with van der Waals surface area (Å²) in [5, 5.41) is 3.21. The molecule has 2 rings (SSSR count). The molecule has 0 aromatic heterocycles. The van der Waals surface area contributed by atoms with Gasteiger partial charge in [0.25, 0.3) is 0 Å². The summed E-state index contributed by atoms with van der Waals surface area (Å²) in [7, 11) is -3.79. The van der Waals surface area contributed by atoms with Gasteiger partial charge in [0.05, 0.1) is 0 Å². The van der Waals surface area contributed by atoms with Crippen molar-refractivity contribution in [2.75, 3.05) is 13.1 Å². The van der Waals surface area contributed by atoms with Crippen molar-refractivity contribution in [3.05, 3.63) is 29.6 Å². The fraction of sp³-hybridized carbons (Fsp3) is 0.538. The molecule has 1 N–H and O–H groups in total. The Labute approximate surface area is 113 Å². The molecule has 1 saturated heterocycles. The summed E-state index contributed by atoms with van der Waals surface area (Å²) in [5.74, 6) is -0.682. The highest BCUT2D eigenvalue weighted by molar-refractivity contribution is 7.89. The van der Waals surface area contributed by atoms with Gasteiger partial charge in [-0.25, -0.2) is 12.8 Å². The molecule has 0 saturated carbocycles. The van der Waals surface area contributed by atoms with E-state index in [0.717, 1.165) is 0 Å². The van der Waals surface area contributed by atoms with Crippen LogP contribution in [-0.2, 0) is 10.0 Å². The summed E-state index contributed by atoms with van der Waals surface area (Å²) >= 11 is 0. The Morgan fingerprint density at radius 2 is 2.05 bits per heavy atom. The second-order valence-electron chi connectivity index (χ2n) is 4.99. The van der Waals surface area contributed by atoms with Gasteiger partial charge in [0.15, 0.2) is 0 Å². The fourth-order valence-corrected chi connectivity index (χ4v) is 4.40. The Morgan fingerprint density at radius 3 is 2.68 bits per heavy atom. The summed E-state index contributed by atoms with van der Waals surface area (Å²) in [6, 6.07) is 4.18. The minimum Gasteiger partial charge on any atom is -0.311 e. The molecule has 1 aliphatic rings. The second-order valence-corrected chi connectivity index (χ2v) is 6.81. The number of aryl methyl sites for hydroxylation is 1. The summed E-state index contributed by atoms with van der Waals surface area (Å²) in [6.45, 7) is 6.33. The topological polar surface area (TPSA) is 49.4 Å². The maximum absolute atomic E-state index is 13.9. The van der Waals surface area contributed by atoms with Gasteiger partial charge < -0.3 is 5.32 Å². The van der Waals surface area contributed by atoms with E-state index < -0.39 is 15.8 Å². The molecule has 0 radical (unpaired) electrons. The van der Waals surface area contributed by atoms with E-state index >= 15 is 0 Å². The Morgan fingerprint density at radius 1 is 1.37 bits per heavy atom. The number of sulfonamides is 1. The average Bonchev–Trinajstić information content (AvgIpc) is 2.32. The third kappa shape index (κ3) is 2.52. The number of hydrogen-bond donors (Lipinski definition) is 1. The van der Waals surface area contributed by atoms with Crippen molar-refractivity contribution < 1.29 is 12.8 Å². The average molecular weight is 286 g/mol. The summed E-state index contributed by atoms with van der Waals surface area (Å²) < 4.78 is 40.6. The van der Waals surface area contributed by atoms with E-state index in [1.54, 1.807) is 13.0 Å². The van der Waals surface area contributed by atoms with Gasteiger partial charge in [-0.1, -0.05) is 12.1 Å². The van der Waals surface area contributed by atoms with Gasteiger partial charge in [0, 0.05) is 25.2 Å². The fourth-order valence-electron chi connectivity index (χ4n) is 2.43. The van der Waals surface area contributed by atoms with Gasteiger partial charge in [-0.05, 0) is 32.4 Å². The van der Waals surface area contributed by atoms with Crippen LogP contribution in [-0.4, -0.2) is 37.9 Å². The van der Waals surface area contributed by atoms with E-state index in [1.807, 2.05) is 13.8 Å².